The zero-order valence-corrected chi connectivity index (χ0v) is 14.2. The highest BCUT2D eigenvalue weighted by atomic mass is 16.6. The van der Waals surface area contributed by atoms with Gasteiger partial charge in [-0.25, -0.2) is 9.59 Å². The molecule has 0 aliphatic carbocycles. The molecule has 2 atom stereocenters. The van der Waals surface area contributed by atoms with Crippen LogP contribution < -0.4 is 10.6 Å². The number of nitrogens with zero attached hydrogens (tertiary/aromatic N) is 3. The average molecular weight is 395 g/mol. The van der Waals surface area contributed by atoms with Crippen LogP contribution in [0.4, 0.5) is 10.5 Å². The van der Waals surface area contributed by atoms with Crippen molar-refractivity contribution < 1.29 is 29.1 Å². The van der Waals surface area contributed by atoms with Crippen LogP contribution in [0.5, 0.6) is 0 Å². The summed E-state index contributed by atoms with van der Waals surface area (Å²) in [7, 11) is 0. The second kappa shape index (κ2) is 7.65. The highest BCUT2D eigenvalue weighted by molar-refractivity contribution is 5.91. The molecule has 0 radical (unpaired) electrons. The lowest BCUT2D eigenvalue weighted by molar-refractivity contribution is -0.553. The summed E-state index contributed by atoms with van der Waals surface area (Å²) < 4.78 is 4.75. The molecule has 14 heteroatoms. The van der Waals surface area contributed by atoms with Gasteiger partial charge in [0.1, 0.15) is 6.04 Å². The number of urea groups is 1. The Bertz CT molecular complexity index is 899. The molecule has 0 aromatic heterocycles. The zero-order valence-electron chi connectivity index (χ0n) is 14.2. The Morgan fingerprint density at radius 1 is 1.29 bits per heavy atom. The number of rotatable bonds is 6. The summed E-state index contributed by atoms with van der Waals surface area (Å²) in [5, 5.41) is 38.0. The molecular formula is C14H13N5O9. The monoisotopic (exact) mass is 395 g/mol. The maximum absolute atomic E-state index is 12.6. The van der Waals surface area contributed by atoms with Crippen molar-refractivity contribution in [3.63, 3.8) is 0 Å². The highest BCUT2D eigenvalue weighted by Gasteiger charge is 2.67. The number of carbonyl (C=O) groups is 2. The van der Waals surface area contributed by atoms with Crippen LogP contribution in [-0.2, 0) is 9.53 Å². The normalized spacial score (nSPS) is 22.7. The van der Waals surface area contributed by atoms with Crippen molar-refractivity contribution in [1.82, 2.24) is 10.6 Å². The van der Waals surface area contributed by atoms with E-state index in [1.807, 2.05) is 5.32 Å². The van der Waals surface area contributed by atoms with Gasteiger partial charge in [0.05, 0.1) is 16.5 Å². The molecule has 1 fully saturated rings. The van der Waals surface area contributed by atoms with Crippen molar-refractivity contribution >= 4 is 17.7 Å². The van der Waals surface area contributed by atoms with E-state index in [4.69, 9.17) is 4.74 Å². The van der Waals surface area contributed by atoms with Crippen molar-refractivity contribution in [2.75, 3.05) is 6.61 Å². The largest absolute Gasteiger partial charge is 0.460 e. The van der Waals surface area contributed by atoms with Crippen LogP contribution in [0, 0.1) is 30.3 Å². The van der Waals surface area contributed by atoms with Gasteiger partial charge in [-0.05, 0) is 12.5 Å². The Labute approximate surface area is 155 Å². The standard InChI is InChI=1S/C14H13N5O9/c1-2-28-12(20)14(19(26)27)10(7-17(22)23)15-13(21)16-11(14)8-4-3-5-9(6-8)18(24)25/h3-7,11H,2H2,1H3,(H2,15,16,21)/b10-7-. The first-order valence-electron chi connectivity index (χ1n) is 7.64. The van der Waals surface area contributed by atoms with Gasteiger partial charge in [0.2, 0.25) is 0 Å². The predicted octanol–water partition coefficient (Wildman–Crippen LogP) is 0.645. The Hall–Kier alpha value is -4.10. The Morgan fingerprint density at radius 2 is 1.96 bits per heavy atom. The van der Waals surface area contributed by atoms with Crippen LogP contribution in [0.25, 0.3) is 0 Å². The smallest absolute Gasteiger partial charge is 0.394 e. The van der Waals surface area contributed by atoms with E-state index in [-0.39, 0.29) is 18.4 Å². The van der Waals surface area contributed by atoms with Crippen LogP contribution in [0.15, 0.2) is 36.2 Å². The van der Waals surface area contributed by atoms with E-state index in [1.165, 1.54) is 19.1 Å². The molecule has 1 aromatic rings. The fourth-order valence-corrected chi connectivity index (χ4v) is 2.77. The molecule has 28 heavy (non-hydrogen) atoms. The molecule has 14 nitrogen and oxygen atoms in total. The summed E-state index contributed by atoms with van der Waals surface area (Å²) in [4.78, 5) is 55.5. The number of esters is 1. The fraction of sp³-hybridized carbons (Fsp3) is 0.286. The minimum atomic E-state index is -2.97. The molecule has 2 N–H and O–H groups in total. The van der Waals surface area contributed by atoms with Gasteiger partial charge in [-0.1, -0.05) is 12.1 Å². The maximum atomic E-state index is 12.6. The van der Waals surface area contributed by atoms with Crippen LogP contribution >= 0.6 is 0 Å². The van der Waals surface area contributed by atoms with E-state index < -0.39 is 49.7 Å². The number of nitrogens with one attached hydrogen (secondary N) is 2. The van der Waals surface area contributed by atoms with Crippen LogP contribution in [0.1, 0.15) is 18.5 Å². The maximum Gasteiger partial charge on any atom is 0.394 e. The Balaban J connectivity index is 2.81. The number of non-ortho nitro benzene ring substituents is 1. The van der Waals surface area contributed by atoms with E-state index in [9.17, 15) is 39.9 Å². The van der Waals surface area contributed by atoms with Crippen molar-refractivity contribution in [2.45, 2.75) is 18.5 Å². The number of hydrogen-bond acceptors (Lipinski definition) is 9. The number of hydrogen-bond donors (Lipinski definition) is 2. The molecule has 148 valence electrons. The van der Waals surface area contributed by atoms with E-state index in [0.717, 1.165) is 12.1 Å². The van der Waals surface area contributed by atoms with E-state index in [0.29, 0.717) is 0 Å². The summed E-state index contributed by atoms with van der Waals surface area (Å²) in [5.74, 6) is -1.49. The Kier molecular flexibility index (Phi) is 5.52. The molecular weight excluding hydrogens is 382 g/mol. The van der Waals surface area contributed by atoms with Gasteiger partial charge in [-0.3, -0.25) is 35.7 Å². The van der Waals surface area contributed by atoms with Gasteiger partial charge >= 0.3 is 17.5 Å². The lowest BCUT2D eigenvalue weighted by Gasteiger charge is -2.36. The summed E-state index contributed by atoms with van der Waals surface area (Å²) in [6, 6.07) is 1.50. The van der Waals surface area contributed by atoms with Crippen LogP contribution in [0.2, 0.25) is 0 Å². The third-order valence-corrected chi connectivity index (χ3v) is 3.88. The molecule has 1 aliphatic heterocycles. The first-order valence-corrected chi connectivity index (χ1v) is 7.64. The van der Waals surface area contributed by atoms with Gasteiger partial charge in [-0.2, -0.15) is 0 Å². The molecule has 2 rings (SSSR count). The summed E-state index contributed by atoms with van der Waals surface area (Å²) in [5.41, 5.74) is -4.57. The third-order valence-electron chi connectivity index (χ3n) is 3.88. The van der Waals surface area contributed by atoms with E-state index >= 15 is 0 Å². The van der Waals surface area contributed by atoms with E-state index in [1.54, 1.807) is 0 Å². The summed E-state index contributed by atoms with van der Waals surface area (Å²) in [6.45, 7) is 1.06. The van der Waals surface area contributed by atoms with Crippen molar-refractivity contribution in [3.8, 4) is 0 Å². The van der Waals surface area contributed by atoms with Gasteiger partial charge in [0.15, 0.2) is 5.70 Å². The van der Waals surface area contributed by atoms with Crippen molar-refractivity contribution in [2.24, 2.45) is 0 Å². The molecule has 1 aliphatic rings. The summed E-state index contributed by atoms with van der Waals surface area (Å²) in [6.07, 6.45) is 0.114. The second-order valence-electron chi connectivity index (χ2n) is 5.46. The molecule has 0 bridgehead atoms. The SMILES string of the molecule is CCOC(=O)C1([N+](=O)[O-])/C(=C/[N+](=O)[O-])NC(=O)NC1c1cccc([N+](=O)[O-])c1. The predicted molar refractivity (Wildman–Crippen MR) is 88.9 cm³/mol. The molecule has 2 unspecified atom stereocenters. The minimum Gasteiger partial charge on any atom is -0.460 e. The Morgan fingerprint density at radius 3 is 2.50 bits per heavy atom. The molecule has 2 amide bonds. The van der Waals surface area contributed by atoms with Gasteiger partial charge in [0, 0.05) is 17.1 Å². The number of amides is 2. The van der Waals surface area contributed by atoms with Gasteiger partial charge in [-0.15, -0.1) is 0 Å². The van der Waals surface area contributed by atoms with E-state index in [2.05, 4.69) is 5.32 Å². The topological polar surface area (TPSA) is 197 Å². The zero-order chi connectivity index (χ0) is 21.1. The number of ether oxygens (including phenoxy) is 1. The number of carbonyl (C=O) groups excluding carboxylic acids is 2. The van der Waals surface area contributed by atoms with Crippen LogP contribution in [-0.4, -0.2) is 38.9 Å². The number of nitro benzene ring substituents is 1. The minimum absolute atomic E-state index is 0.114. The molecule has 1 heterocycles. The van der Waals surface area contributed by atoms with Gasteiger partial charge < -0.3 is 10.1 Å². The molecule has 0 spiro atoms. The van der Waals surface area contributed by atoms with Crippen molar-refractivity contribution in [1.29, 1.82) is 0 Å². The van der Waals surface area contributed by atoms with Crippen molar-refractivity contribution in [3.05, 3.63) is 72.1 Å². The van der Waals surface area contributed by atoms with Crippen LogP contribution in [0.3, 0.4) is 0 Å². The lowest BCUT2D eigenvalue weighted by atomic mass is 9.81. The summed E-state index contributed by atoms with van der Waals surface area (Å²) >= 11 is 0. The quantitative estimate of drug-likeness (QED) is 0.394. The lowest BCUT2D eigenvalue weighted by Crippen LogP contribution is -2.66. The second-order valence-corrected chi connectivity index (χ2v) is 5.46. The fourth-order valence-electron chi connectivity index (χ4n) is 2.77. The highest BCUT2D eigenvalue weighted by Crippen LogP contribution is 2.39. The first-order chi connectivity index (χ1) is 13.1. The third kappa shape index (κ3) is 3.42. The van der Waals surface area contributed by atoms with Gasteiger partial charge in [0.25, 0.3) is 11.9 Å². The average Bonchev–Trinajstić information content (AvgIpc) is 2.60. The molecule has 1 aromatic carbocycles. The first kappa shape index (κ1) is 20.2. The number of nitro groups is 3. The molecule has 0 saturated carbocycles. The molecule has 1 saturated heterocycles. The number of benzene rings is 1.